The largest absolute Gasteiger partial charge is 0.433 e. The molecule has 0 bridgehead atoms. The Balaban J connectivity index is 1.72. The van der Waals surface area contributed by atoms with Gasteiger partial charge in [0.2, 0.25) is 5.95 Å². The molecule has 1 aliphatic rings. The van der Waals surface area contributed by atoms with Gasteiger partial charge >= 0.3 is 6.18 Å². The van der Waals surface area contributed by atoms with Crippen LogP contribution < -0.4 is 4.90 Å². The maximum absolute atomic E-state index is 12.7. The van der Waals surface area contributed by atoms with Crippen molar-refractivity contribution in [2.45, 2.75) is 25.6 Å². The molecule has 9 heteroatoms. The minimum absolute atomic E-state index is 0.137. The standard InChI is InChI=1S/C13H15F3N6/c14-13(15,16)11-3-4-18-12(20-11)21-5-1-2-10(6-21)7-22-9-17-8-19-22/h3-4,8-10H,1-2,5-7H2/t10-/m0/s1. The minimum Gasteiger partial charge on any atom is -0.340 e. The molecule has 22 heavy (non-hydrogen) atoms. The Hall–Kier alpha value is -2.19. The first-order valence-corrected chi connectivity index (χ1v) is 7.00. The van der Waals surface area contributed by atoms with Gasteiger partial charge in [0.1, 0.15) is 18.3 Å². The molecule has 0 radical (unpaired) electrons. The first kappa shape index (κ1) is 14.7. The summed E-state index contributed by atoms with van der Waals surface area (Å²) in [6, 6.07) is 0.889. The summed E-state index contributed by atoms with van der Waals surface area (Å²) in [6.07, 6.45) is 1.70. The molecule has 0 amide bonds. The zero-order valence-electron chi connectivity index (χ0n) is 11.7. The van der Waals surface area contributed by atoms with E-state index >= 15 is 0 Å². The van der Waals surface area contributed by atoms with E-state index in [-0.39, 0.29) is 11.9 Å². The van der Waals surface area contributed by atoms with Gasteiger partial charge in [-0.05, 0) is 24.8 Å². The number of halogens is 3. The number of aromatic nitrogens is 5. The Morgan fingerprint density at radius 2 is 2.18 bits per heavy atom. The lowest BCUT2D eigenvalue weighted by Crippen LogP contribution is -2.38. The number of piperidine rings is 1. The third-order valence-corrected chi connectivity index (χ3v) is 3.65. The van der Waals surface area contributed by atoms with E-state index < -0.39 is 11.9 Å². The predicted octanol–water partition coefficient (Wildman–Crippen LogP) is 2.00. The van der Waals surface area contributed by atoms with Gasteiger partial charge < -0.3 is 4.90 Å². The van der Waals surface area contributed by atoms with Crippen LogP contribution in [-0.2, 0) is 12.7 Å². The normalized spacial score (nSPS) is 19.4. The molecule has 0 aliphatic carbocycles. The van der Waals surface area contributed by atoms with Crippen molar-refractivity contribution in [3.63, 3.8) is 0 Å². The predicted molar refractivity (Wildman–Crippen MR) is 72.0 cm³/mol. The molecule has 0 spiro atoms. The molecule has 3 rings (SSSR count). The van der Waals surface area contributed by atoms with Crippen molar-refractivity contribution in [1.82, 2.24) is 24.7 Å². The Bertz CT molecular complexity index is 612. The Morgan fingerprint density at radius 3 is 2.91 bits per heavy atom. The Morgan fingerprint density at radius 1 is 1.32 bits per heavy atom. The van der Waals surface area contributed by atoms with Crippen LogP contribution in [-0.4, -0.2) is 37.8 Å². The van der Waals surface area contributed by atoms with E-state index in [4.69, 9.17) is 0 Å². The lowest BCUT2D eigenvalue weighted by molar-refractivity contribution is -0.141. The SMILES string of the molecule is FC(F)(F)c1ccnc(N2CCC[C@H](Cn3cncn3)C2)n1. The minimum atomic E-state index is -4.45. The van der Waals surface area contributed by atoms with Crippen molar-refractivity contribution in [1.29, 1.82) is 0 Å². The molecule has 6 nitrogen and oxygen atoms in total. The van der Waals surface area contributed by atoms with Crippen LogP contribution in [0.15, 0.2) is 24.9 Å². The lowest BCUT2D eigenvalue weighted by Gasteiger charge is -2.32. The highest BCUT2D eigenvalue weighted by Gasteiger charge is 2.33. The molecular weight excluding hydrogens is 297 g/mol. The monoisotopic (exact) mass is 312 g/mol. The average molecular weight is 312 g/mol. The summed E-state index contributed by atoms with van der Waals surface area (Å²) < 4.78 is 39.9. The van der Waals surface area contributed by atoms with Crippen LogP contribution >= 0.6 is 0 Å². The fourth-order valence-electron chi connectivity index (χ4n) is 2.65. The number of anilines is 1. The fourth-order valence-corrected chi connectivity index (χ4v) is 2.65. The summed E-state index contributed by atoms with van der Waals surface area (Å²) >= 11 is 0. The van der Waals surface area contributed by atoms with E-state index in [1.165, 1.54) is 6.33 Å². The molecule has 0 saturated carbocycles. The first-order chi connectivity index (χ1) is 10.5. The van der Waals surface area contributed by atoms with Gasteiger partial charge in [-0.15, -0.1) is 0 Å². The van der Waals surface area contributed by atoms with Crippen LogP contribution in [0.2, 0.25) is 0 Å². The molecule has 0 unspecified atom stereocenters. The molecule has 2 aromatic heterocycles. The highest BCUT2D eigenvalue weighted by atomic mass is 19.4. The summed E-state index contributed by atoms with van der Waals surface area (Å²) in [5, 5.41) is 4.06. The first-order valence-electron chi connectivity index (χ1n) is 7.00. The highest BCUT2D eigenvalue weighted by Crippen LogP contribution is 2.29. The molecule has 0 N–H and O–H groups in total. The van der Waals surface area contributed by atoms with Crippen LogP contribution in [0.25, 0.3) is 0 Å². The zero-order valence-corrected chi connectivity index (χ0v) is 11.7. The van der Waals surface area contributed by atoms with Gasteiger partial charge in [0.25, 0.3) is 0 Å². The van der Waals surface area contributed by atoms with Crippen LogP contribution in [0.4, 0.5) is 19.1 Å². The van der Waals surface area contributed by atoms with E-state index in [0.717, 1.165) is 25.1 Å². The molecular formula is C13H15F3N6. The number of hydrogen-bond donors (Lipinski definition) is 0. The second-order valence-corrected chi connectivity index (χ2v) is 5.31. The second kappa shape index (κ2) is 5.90. The maximum atomic E-state index is 12.7. The van der Waals surface area contributed by atoms with E-state index in [0.29, 0.717) is 19.6 Å². The van der Waals surface area contributed by atoms with Gasteiger partial charge in [-0.2, -0.15) is 18.3 Å². The average Bonchev–Trinajstić information content (AvgIpc) is 3.00. The van der Waals surface area contributed by atoms with Gasteiger partial charge in [-0.3, -0.25) is 4.68 Å². The van der Waals surface area contributed by atoms with E-state index in [9.17, 15) is 13.2 Å². The summed E-state index contributed by atoms with van der Waals surface area (Å²) in [6.45, 7) is 1.96. The topological polar surface area (TPSA) is 59.7 Å². The molecule has 1 fully saturated rings. The van der Waals surface area contributed by atoms with E-state index in [2.05, 4.69) is 20.1 Å². The third-order valence-electron chi connectivity index (χ3n) is 3.65. The fraction of sp³-hybridized carbons (Fsp3) is 0.538. The van der Waals surface area contributed by atoms with Crippen molar-refractivity contribution in [3.05, 3.63) is 30.6 Å². The zero-order chi connectivity index (χ0) is 15.6. The molecule has 1 saturated heterocycles. The molecule has 1 atom stereocenters. The van der Waals surface area contributed by atoms with E-state index in [1.807, 2.05) is 0 Å². The van der Waals surface area contributed by atoms with Gasteiger partial charge in [0.15, 0.2) is 0 Å². The van der Waals surface area contributed by atoms with Gasteiger partial charge in [0, 0.05) is 25.8 Å². The maximum Gasteiger partial charge on any atom is 0.433 e. The molecule has 3 heterocycles. The number of hydrogen-bond acceptors (Lipinski definition) is 5. The van der Waals surface area contributed by atoms with Crippen molar-refractivity contribution in [3.8, 4) is 0 Å². The molecule has 2 aromatic rings. The van der Waals surface area contributed by atoms with Gasteiger partial charge in [-0.1, -0.05) is 0 Å². The second-order valence-electron chi connectivity index (χ2n) is 5.31. The summed E-state index contributed by atoms with van der Waals surface area (Å²) in [5.41, 5.74) is -0.907. The molecule has 1 aliphatic heterocycles. The molecule has 0 aromatic carbocycles. The summed E-state index contributed by atoms with van der Waals surface area (Å²) in [5.74, 6) is 0.423. The van der Waals surface area contributed by atoms with Crippen molar-refractivity contribution >= 4 is 5.95 Å². The van der Waals surface area contributed by atoms with Crippen LogP contribution in [0.5, 0.6) is 0 Å². The van der Waals surface area contributed by atoms with Crippen LogP contribution in [0.3, 0.4) is 0 Å². The van der Waals surface area contributed by atoms with Crippen LogP contribution in [0.1, 0.15) is 18.5 Å². The van der Waals surface area contributed by atoms with Crippen molar-refractivity contribution < 1.29 is 13.2 Å². The quantitative estimate of drug-likeness (QED) is 0.867. The van der Waals surface area contributed by atoms with Crippen molar-refractivity contribution in [2.75, 3.05) is 18.0 Å². The number of rotatable bonds is 3. The van der Waals surface area contributed by atoms with Crippen LogP contribution in [0, 0.1) is 5.92 Å². The van der Waals surface area contributed by atoms with Crippen molar-refractivity contribution in [2.24, 2.45) is 5.92 Å². The summed E-state index contributed by atoms with van der Waals surface area (Å²) in [4.78, 5) is 13.3. The molecule has 118 valence electrons. The summed E-state index contributed by atoms with van der Waals surface area (Å²) in [7, 11) is 0. The number of alkyl halides is 3. The van der Waals surface area contributed by atoms with E-state index in [1.54, 1.807) is 15.9 Å². The Kier molecular flexibility index (Phi) is 3.95. The van der Waals surface area contributed by atoms with Gasteiger partial charge in [-0.25, -0.2) is 15.0 Å². The highest BCUT2D eigenvalue weighted by molar-refractivity contribution is 5.31. The third kappa shape index (κ3) is 3.34. The number of nitrogens with zero attached hydrogens (tertiary/aromatic N) is 6. The smallest absolute Gasteiger partial charge is 0.340 e. The lowest BCUT2D eigenvalue weighted by atomic mass is 9.98. The van der Waals surface area contributed by atoms with Gasteiger partial charge in [0.05, 0.1) is 0 Å². The Labute approximate surface area is 125 Å².